The number of fused-ring (bicyclic) bond motifs is 1. The van der Waals surface area contributed by atoms with Crippen molar-refractivity contribution in [2.24, 2.45) is 11.7 Å². The Morgan fingerprint density at radius 3 is 2.42 bits per heavy atom. The minimum Gasteiger partial charge on any atom is -0.496 e. The van der Waals surface area contributed by atoms with Crippen LogP contribution in [0.3, 0.4) is 0 Å². The van der Waals surface area contributed by atoms with E-state index >= 15 is 0 Å². The number of aromatic amines is 1. The number of rotatable bonds is 5. The number of carbonyl (C=O) groups is 1. The lowest BCUT2D eigenvalue weighted by molar-refractivity contribution is -0.275. The van der Waals surface area contributed by atoms with E-state index in [0.29, 0.717) is 0 Å². The molecule has 1 fully saturated rings. The molecular weight excluding hydrogens is 524 g/mol. The fourth-order valence-electron chi connectivity index (χ4n) is 4.79. The maximum atomic E-state index is 14.2. The van der Waals surface area contributed by atoms with Crippen molar-refractivity contribution >= 4 is 16.8 Å². The Morgan fingerprint density at radius 2 is 1.84 bits per heavy atom. The quantitative estimate of drug-likeness (QED) is 0.448. The maximum absolute atomic E-state index is 14.2. The molecule has 1 amide bonds. The monoisotopic (exact) mass is 545 g/mol. The third-order valence-electron chi connectivity index (χ3n) is 6.77. The van der Waals surface area contributed by atoms with Crippen molar-refractivity contribution in [1.82, 2.24) is 9.97 Å². The van der Waals surface area contributed by atoms with E-state index in [0.717, 1.165) is 38.3 Å². The highest BCUT2D eigenvalue weighted by molar-refractivity contribution is 6.03. The summed E-state index contributed by atoms with van der Waals surface area (Å²) in [6.45, 7) is 2.14. The van der Waals surface area contributed by atoms with Gasteiger partial charge in [0, 0.05) is 41.4 Å². The number of primary amides is 1. The standard InChI is InChI=1S/C24H21F6N3O5/c1-10-17(12-5-4-11(8-16(12)36-3)37-24(28,29)30)20(38-22(10,2)23(25,26)27)14-9-15(34)18-13(33-14)6-7-32-19(18)21(31)35/h4-10,17,20H,1-3H3,(H2,31,35)(H,33,34)/t10-,17-,20-,22+/m1/s1. The number of carbonyl (C=O) groups excluding carboxylic acids is 1. The number of ether oxygens (including phenoxy) is 3. The largest absolute Gasteiger partial charge is 0.573 e. The number of H-pyrrole nitrogens is 1. The van der Waals surface area contributed by atoms with Crippen molar-refractivity contribution in [3.63, 3.8) is 0 Å². The third-order valence-corrected chi connectivity index (χ3v) is 6.77. The predicted molar refractivity (Wildman–Crippen MR) is 121 cm³/mol. The lowest BCUT2D eigenvalue weighted by Crippen LogP contribution is -2.46. The number of benzene rings is 1. The summed E-state index contributed by atoms with van der Waals surface area (Å²) in [6, 6.07) is 5.34. The number of halogens is 6. The lowest BCUT2D eigenvalue weighted by Gasteiger charge is -2.32. The van der Waals surface area contributed by atoms with E-state index in [1.165, 1.54) is 19.2 Å². The zero-order valence-electron chi connectivity index (χ0n) is 20.0. The minimum absolute atomic E-state index is 0.0633. The van der Waals surface area contributed by atoms with Gasteiger partial charge in [-0.25, -0.2) is 0 Å². The summed E-state index contributed by atoms with van der Waals surface area (Å²) in [5, 5.41) is -0.156. The van der Waals surface area contributed by atoms with Gasteiger partial charge in [0.25, 0.3) is 5.91 Å². The summed E-state index contributed by atoms with van der Waals surface area (Å²) in [5.41, 5.74) is 1.62. The molecule has 1 aromatic carbocycles. The van der Waals surface area contributed by atoms with Gasteiger partial charge in [-0.2, -0.15) is 13.2 Å². The van der Waals surface area contributed by atoms with Gasteiger partial charge >= 0.3 is 12.5 Å². The molecule has 0 aliphatic carbocycles. The van der Waals surface area contributed by atoms with Crippen molar-refractivity contribution in [1.29, 1.82) is 0 Å². The number of nitrogens with two attached hydrogens (primary N) is 1. The minimum atomic E-state index is -5.00. The number of nitrogens with one attached hydrogen (secondary N) is 1. The molecule has 204 valence electrons. The third kappa shape index (κ3) is 4.64. The number of pyridine rings is 2. The molecule has 0 unspecified atom stereocenters. The highest BCUT2D eigenvalue weighted by Gasteiger charge is 2.65. The van der Waals surface area contributed by atoms with Gasteiger partial charge in [-0.05, 0) is 19.1 Å². The Kier molecular flexibility index (Phi) is 6.58. The van der Waals surface area contributed by atoms with Crippen LogP contribution in [0, 0.1) is 5.92 Å². The molecule has 8 nitrogen and oxygen atoms in total. The molecule has 3 aromatic rings. The van der Waals surface area contributed by atoms with Crippen LogP contribution >= 0.6 is 0 Å². The average molecular weight is 545 g/mol. The summed E-state index contributed by atoms with van der Waals surface area (Å²) in [7, 11) is 1.14. The van der Waals surface area contributed by atoms with Crippen LogP contribution in [0.1, 0.15) is 47.6 Å². The Morgan fingerprint density at radius 1 is 1.16 bits per heavy atom. The van der Waals surface area contributed by atoms with E-state index in [9.17, 15) is 35.9 Å². The van der Waals surface area contributed by atoms with Crippen molar-refractivity contribution in [2.75, 3.05) is 7.11 Å². The molecule has 3 heterocycles. The number of alkyl halides is 6. The molecule has 14 heteroatoms. The second kappa shape index (κ2) is 9.19. The second-order valence-electron chi connectivity index (χ2n) is 8.94. The molecule has 2 aromatic heterocycles. The Hall–Kier alpha value is -3.81. The highest BCUT2D eigenvalue weighted by Crippen LogP contribution is 2.59. The number of aromatic nitrogens is 2. The number of nitrogens with zero attached hydrogens (tertiary/aromatic N) is 1. The first-order chi connectivity index (χ1) is 17.6. The number of amides is 1. The molecule has 0 spiro atoms. The van der Waals surface area contributed by atoms with E-state index in [-0.39, 0.29) is 33.6 Å². The zero-order valence-corrected chi connectivity index (χ0v) is 20.0. The summed E-state index contributed by atoms with van der Waals surface area (Å²) >= 11 is 0. The fourth-order valence-corrected chi connectivity index (χ4v) is 4.79. The summed E-state index contributed by atoms with van der Waals surface area (Å²) in [6.07, 6.45) is -10.1. The van der Waals surface area contributed by atoms with Gasteiger partial charge in [0.15, 0.2) is 11.0 Å². The second-order valence-corrected chi connectivity index (χ2v) is 8.94. The molecule has 0 radical (unpaired) electrons. The van der Waals surface area contributed by atoms with E-state index in [1.54, 1.807) is 0 Å². The smallest absolute Gasteiger partial charge is 0.496 e. The zero-order chi connectivity index (χ0) is 28.2. The SMILES string of the molecule is COc1cc(OC(F)(F)F)ccc1[C@@H]1[C@@H](c2cc(=O)c3c(C(N)=O)nccc3[nH]2)O[C@](C)(C(F)(F)F)[C@@H]1C. The molecule has 1 saturated heterocycles. The Labute approximate surface area is 210 Å². The van der Waals surface area contributed by atoms with Gasteiger partial charge in [0.05, 0.1) is 18.0 Å². The van der Waals surface area contributed by atoms with Crippen LogP contribution in [-0.4, -0.2) is 41.1 Å². The topological polar surface area (TPSA) is 117 Å². The van der Waals surface area contributed by atoms with Crippen LogP contribution in [-0.2, 0) is 4.74 Å². The van der Waals surface area contributed by atoms with Gasteiger partial charge < -0.3 is 24.9 Å². The van der Waals surface area contributed by atoms with Crippen molar-refractivity contribution in [3.8, 4) is 11.5 Å². The summed E-state index contributed by atoms with van der Waals surface area (Å²) < 4.78 is 95.6. The van der Waals surface area contributed by atoms with Crippen LogP contribution in [0.25, 0.3) is 10.9 Å². The molecule has 0 bridgehead atoms. The molecule has 3 N–H and O–H groups in total. The Balaban J connectivity index is 1.91. The van der Waals surface area contributed by atoms with Crippen molar-refractivity contribution in [3.05, 3.63) is 63.7 Å². The number of methoxy groups -OCH3 is 1. The molecule has 1 aliphatic rings. The maximum Gasteiger partial charge on any atom is 0.573 e. The van der Waals surface area contributed by atoms with E-state index in [2.05, 4.69) is 14.7 Å². The molecule has 38 heavy (non-hydrogen) atoms. The van der Waals surface area contributed by atoms with E-state index in [1.807, 2.05) is 0 Å². The number of hydrogen-bond donors (Lipinski definition) is 2. The lowest BCUT2D eigenvalue weighted by atomic mass is 9.76. The van der Waals surface area contributed by atoms with Gasteiger partial charge in [-0.15, -0.1) is 13.2 Å². The fraction of sp³-hybridized carbons (Fsp3) is 0.375. The first-order valence-corrected chi connectivity index (χ1v) is 11.1. The van der Waals surface area contributed by atoms with Gasteiger partial charge in [-0.3, -0.25) is 14.6 Å². The summed E-state index contributed by atoms with van der Waals surface area (Å²) in [4.78, 5) is 31.3. The van der Waals surface area contributed by atoms with Gasteiger partial charge in [0.1, 0.15) is 23.3 Å². The predicted octanol–water partition coefficient (Wildman–Crippen LogP) is 4.74. The molecule has 4 rings (SSSR count). The molecule has 4 atom stereocenters. The molecular formula is C24H21F6N3O5. The van der Waals surface area contributed by atoms with Crippen LogP contribution in [0.4, 0.5) is 26.3 Å². The van der Waals surface area contributed by atoms with Crippen LogP contribution in [0.2, 0.25) is 0 Å². The van der Waals surface area contributed by atoms with Crippen molar-refractivity contribution < 1.29 is 45.3 Å². The first kappa shape index (κ1) is 27.2. The normalized spacial score (nSPS) is 24.0. The van der Waals surface area contributed by atoms with Gasteiger partial charge in [0.2, 0.25) is 0 Å². The average Bonchev–Trinajstić information content (AvgIpc) is 3.09. The van der Waals surface area contributed by atoms with Crippen LogP contribution in [0.15, 0.2) is 41.3 Å². The van der Waals surface area contributed by atoms with Crippen LogP contribution < -0.4 is 20.6 Å². The van der Waals surface area contributed by atoms with E-state index < -0.39 is 53.2 Å². The number of hydrogen-bond acceptors (Lipinski definition) is 6. The van der Waals surface area contributed by atoms with E-state index in [4.69, 9.17) is 15.2 Å². The molecule has 1 aliphatic heterocycles. The van der Waals surface area contributed by atoms with Crippen molar-refractivity contribution in [2.45, 2.75) is 44.0 Å². The first-order valence-electron chi connectivity index (χ1n) is 11.1. The van der Waals surface area contributed by atoms with Gasteiger partial charge in [-0.1, -0.05) is 13.0 Å². The highest BCUT2D eigenvalue weighted by atomic mass is 19.4. The Bertz CT molecular complexity index is 1450. The summed E-state index contributed by atoms with van der Waals surface area (Å²) in [5.74, 6) is -4.24. The van der Waals surface area contributed by atoms with Crippen LogP contribution in [0.5, 0.6) is 11.5 Å². The molecule has 0 saturated carbocycles.